The molecule has 1 amide bonds. The van der Waals surface area contributed by atoms with Crippen LogP contribution in [0.3, 0.4) is 0 Å². The molecule has 0 saturated carbocycles. The van der Waals surface area contributed by atoms with E-state index in [1.54, 1.807) is 23.1 Å². The highest BCUT2D eigenvalue weighted by Gasteiger charge is 2.32. The second-order valence-corrected chi connectivity index (χ2v) is 10.6. The van der Waals surface area contributed by atoms with Crippen molar-refractivity contribution in [3.05, 3.63) is 23.9 Å². The lowest BCUT2D eigenvalue weighted by atomic mass is 10.1. The lowest BCUT2D eigenvalue weighted by Gasteiger charge is -2.31. The maximum Gasteiger partial charge on any atom is 0.271 e. The lowest BCUT2D eigenvalue weighted by Crippen LogP contribution is -2.43. The molecule has 9 nitrogen and oxygen atoms in total. The van der Waals surface area contributed by atoms with Crippen molar-refractivity contribution in [2.24, 2.45) is 5.92 Å². The Balaban J connectivity index is 1.74. The lowest BCUT2D eigenvalue weighted by molar-refractivity contribution is 0.0719. The molecule has 176 valence electrons. The molecule has 1 fully saturated rings. The van der Waals surface area contributed by atoms with E-state index in [-0.39, 0.29) is 22.8 Å². The summed E-state index contributed by atoms with van der Waals surface area (Å²) in [5.41, 5.74) is 1.60. The Morgan fingerprint density at radius 3 is 2.19 bits per heavy atom. The molecule has 32 heavy (non-hydrogen) atoms. The van der Waals surface area contributed by atoms with Gasteiger partial charge in [0.2, 0.25) is 5.75 Å². The molecular formula is C22H31N3O6S. The zero-order valence-electron chi connectivity index (χ0n) is 19.2. The van der Waals surface area contributed by atoms with Crippen LogP contribution >= 0.6 is 0 Å². The van der Waals surface area contributed by atoms with E-state index >= 15 is 0 Å². The quantitative estimate of drug-likeness (QED) is 0.638. The number of carbonyl (C=O) groups is 1. The highest BCUT2D eigenvalue weighted by molar-refractivity contribution is 7.92. The first-order valence-electron chi connectivity index (χ1n) is 10.6. The fourth-order valence-electron chi connectivity index (χ4n) is 4.00. The van der Waals surface area contributed by atoms with E-state index in [9.17, 15) is 13.2 Å². The van der Waals surface area contributed by atoms with E-state index < -0.39 is 9.84 Å². The summed E-state index contributed by atoms with van der Waals surface area (Å²) in [4.78, 5) is 14.6. The summed E-state index contributed by atoms with van der Waals surface area (Å²) in [5.74, 6) is 1.53. The van der Waals surface area contributed by atoms with E-state index in [2.05, 4.69) is 10.2 Å². The van der Waals surface area contributed by atoms with Gasteiger partial charge in [-0.3, -0.25) is 9.89 Å². The molecule has 1 aromatic heterocycles. The van der Waals surface area contributed by atoms with Crippen molar-refractivity contribution in [2.75, 3.05) is 40.2 Å². The van der Waals surface area contributed by atoms with Gasteiger partial charge in [0.1, 0.15) is 5.69 Å². The normalized spacial score (nSPS) is 15.1. The number of nitrogens with zero attached hydrogens (tertiary/aromatic N) is 2. The van der Waals surface area contributed by atoms with Gasteiger partial charge in [0.05, 0.1) is 38.0 Å². The van der Waals surface area contributed by atoms with Crippen molar-refractivity contribution in [1.82, 2.24) is 15.1 Å². The third-order valence-corrected chi connectivity index (χ3v) is 8.19. The van der Waals surface area contributed by atoms with Gasteiger partial charge in [-0.15, -0.1) is 0 Å². The molecular weight excluding hydrogens is 434 g/mol. The van der Waals surface area contributed by atoms with Crippen LogP contribution in [-0.2, 0) is 9.84 Å². The van der Waals surface area contributed by atoms with Crippen molar-refractivity contribution in [1.29, 1.82) is 0 Å². The molecule has 0 spiro atoms. The first-order valence-corrected chi connectivity index (χ1v) is 12.3. The Bertz CT molecular complexity index is 1030. The van der Waals surface area contributed by atoms with Crippen LogP contribution in [0.5, 0.6) is 17.2 Å². The van der Waals surface area contributed by atoms with Crippen LogP contribution in [0.1, 0.15) is 37.2 Å². The number of H-pyrrole nitrogens is 1. The Labute approximate surface area is 189 Å². The number of amides is 1. The second-order valence-electron chi connectivity index (χ2n) is 8.30. The number of piperidine rings is 1. The minimum Gasteiger partial charge on any atom is -0.493 e. The van der Waals surface area contributed by atoms with E-state index in [0.29, 0.717) is 60.1 Å². The molecule has 2 aromatic rings. The first kappa shape index (κ1) is 23.9. The SMILES string of the molecule is COc1cc(-c2cc(C(=O)N3CCC(S(=O)(=O)CC(C)C)CC3)[nH]n2)cc(OC)c1OC. The fraction of sp³-hybridized carbons (Fsp3) is 0.545. The van der Waals surface area contributed by atoms with E-state index in [0.717, 1.165) is 0 Å². The molecule has 1 aliphatic heterocycles. The molecule has 3 rings (SSSR count). The molecule has 2 heterocycles. The van der Waals surface area contributed by atoms with E-state index in [4.69, 9.17) is 14.2 Å². The van der Waals surface area contributed by atoms with Crippen LogP contribution < -0.4 is 14.2 Å². The van der Waals surface area contributed by atoms with Crippen LogP contribution in [0, 0.1) is 5.92 Å². The third kappa shape index (κ3) is 5.01. The van der Waals surface area contributed by atoms with Crippen molar-refractivity contribution in [3.8, 4) is 28.5 Å². The number of aromatic amines is 1. The van der Waals surface area contributed by atoms with Gasteiger partial charge in [-0.25, -0.2) is 8.42 Å². The number of sulfone groups is 1. The molecule has 1 N–H and O–H groups in total. The zero-order chi connectivity index (χ0) is 23.5. The average Bonchev–Trinajstić information content (AvgIpc) is 3.27. The van der Waals surface area contributed by atoms with Gasteiger partial charge in [-0.05, 0) is 37.0 Å². The highest BCUT2D eigenvalue weighted by Crippen LogP contribution is 2.40. The zero-order valence-corrected chi connectivity index (χ0v) is 20.0. The molecule has 0 bridgehead atoms. The summed E-state index contributed by atoms with van der Waals surface area (Å²) in [6.07, 6.45) is 0.906. The summed E-state index contributed by atoms with van der Waals surface area (Å²) in [6, 6.07) is 5.19. The number of ether oxygens (including phenoxy) is 3. The summed E-state index contributed by atoms with van der Waals surface area (Å²) < 4.78 is 41.1. The number of benzene rings is 1. The van der Waals surface area contributed by atoms with Crippen LogP contribution in [-0.4, -0.2) is 74.8 Å². The van der Waals surface area contributed by atoms with Gasteiger partial charge < -0.3 is 19.1 Å². The van der Waals surface area contributed by atoms with Gasteiger partial charge in [-0.2, -0.15) is 5.10 Å². The molecule has 0 unspecified atom stereocenters. The van der Waals surface area contributed by atoms with E-state index in [1.165, 1.54) is 21.3 Å². The fourth-order valence-corrected chi connectivity index (χ4v) is 6.13. The number of hydrogen-bond acceptors (Lipinski definition) is 7. The number of aromatic nitrogens is 2. The first-order chi connectivity index (χ1) is 15.2. The van der Waals surface area contributed by atoms with Gasteiger partial charge in [0.15, 0.2) is 21.3 Å². The smallest absolute Gasteiger partial charge is 0.271 e. The monoisotopic (exact) mass is 465 g/mol. The minimum absolute atomic E-state index is 0.0956. The molecule has 0 radical (unpaired) electrons. The number of carbonyl (C=O) groups excluding carboxylic acids is 1. The summed E-state index contributed by atoms with van der Waals surface area (Å²) >= 11 is 0. The predicted octanol–water partition coefficient (Wildman–Crippen LogP) is 2.78. The Kier molecular flexibility index (Phi) is 7.33. The van der Waals surface area contributed by atoms with Gasteiger partial charge in [-0.1, -0.05) is 13.8 Å². The Hall–Kier alpha value is -2.75. The molecule has 10 heteroatoms. The van der Waals surface area contributed by atoms with Crippen LogP contribution in [0.4, 0.5) is 0 Å². The minimum atomic E-state index is -3.14. The molecule has 1 aromatic carbocycles. The Morgan fingerprint density at radius 2 is 1.69 bits per heavy atom. The van der Waals surface area contributed by atoms with Crippen LogP contribution in [0.2, 0.25) is 0 Å². The van der Waals surface area contributed by atoms with Gasteiger partial charge >= 0.3 is 0 Å². The number of hydrogen-bond donors (Lipinski definition) is 1. The molecule has 1 saturated heterocycles. The largest absolute Gasteiger partial charge is 0.493 e. The van der Waals surface area contributed by atoms with E-state index in [1.807, 2.05) is 13.8 Å². The summed E-state index contributed by atoms with van der Waals surface area (Å²) in [7, 11) is 1.46. The van der Waals surface area contributed by atoms with Crippen molar-refractivity contribution >= 4 is 15.7 Å². The van der Waals surface area contributed by atoms with Gasteiger partial charge in [0.25, 0.3) is 5.91 Å². The van der Waals surface area contributed by atoms with Crippen LogP contribution in [0.15, 0.2) is 18.2 Å². The highest BCUT2D eigenvalue weighted by atomic mass is 32.2. The van der Waals surface area contributed by atoms with Crippen molar-refractivity contribution in [2.45, 2.75) is 31.9 Å². The third-order valence-electron chi connectivity index (χ3n) is 5.57. The topological polar surface area (TPSA) is 111 Å². The Morgan fingerprint density at radius 1 is 1.09 bits per heavy atom. The average molecular weight is 466 g/mol. The molecule has 0 aliphatic carbocycles. The maximum absolute atomic E-state index is 13.0. The predicted molar refractivity (Wildman–Crippen MR) is 121 cm³/mol. The second kappa shape index (κ2) is 9.81. The summed E-state index contributed by atoms with van der Waals surface area (Å²) in [5, 5.41) is 6.69. The number of likely N-dealkylation sites (tertiary alicyclic amines) is 1. The summed E-state index contributed by atoms with van der Waals surface area (Å²) in [6.45, 7) is 4.61. The number of rotatable bonds is 8. The van der Waals surface area contributed by atoms with Crippen molar-refractivity contribution < 1.29 is 27.4 Å². The molecule has 1 aliphatic rings. The van der Waals surface area contributed by atoms with Gasteiger partial charge in [0, 0.05) is 18.7 Å². The number of methoxy groups -OCH3 is 3. The van der Waals surface area contributed by atoms with Crippen molar-refractivity contribution in [3.63, 3.8) is 0 Å². The molecule has 0 atom stereocenters. The number of nitrogens with one attached hydrogen (secondary N) is 1. The maximum atomic E-state index is 13.0. The van der Waals surface area contributed by atoms with Crippen LogP contribution in [0.25, 0.3) is 11.3 Å². The standard InChI is InChI=1S/C22H31N3O6S/c1-14(2)13-32(27,28)16-6-8-25(9-7-16)22(26)18-12-17(23-24-18)15-10-19(29-3)21(31-5)20(11-15)30-4/h10-12,14,16H,6-9,13H2,1-5H3,(H,23,24).